The zero-order chi connectivity index (χ0) is 19.6. The zero-order valence-electron chi connectivity index (χ0n) is 15.9. The molecular weight excluding hydrogens is 364 g/mol. The number of hydrogen-bond donors (Lipinski definition) is 1. The van der Waals surface area contributed by atoms with Crippen LogP contribution in [-0.2, 0) is 16.4 Å². The van der Waals surface area contributed by atoms with Crippen LogP contribution in [0.1, 0.15) is 29.7 Å². The Morgan fingerprint density at radius 3 is 2.26 bits per heavy atom. The summed E-state index contributed by atoms with van der Waals surface area (Å²) in [6.07, 6.45) is 4.04. The Morgan fingerprint density at radius 1 is 1.04 bits per heavy atom. The average molecular weight is 388 g/mol. The van der Waals surface area contributed by atoms with Gasteiger partial charge in [-0.05, 0) is 41.8 Å². The Balaban J connectivity index is 2.01. The molecule has 1 atom stereocenters. The molecule has 0 amide bonds. The minimum Gasteiger partial charge on any atom is -0.493 e. The third kappa shape index (κ3) is 3.94. The number of nitrogens with one attached hydrogen (secondary N) is 1. The van der Waals surface area contributed by atoms with E-state index in [2.05, 4.69) is 12.3 Å². The maximum atomic E-state index is 12.3. The number of benzene rings is 2. The van der Waals surface area contributed by atoms with E-state index in [1.807, 2.05) is 42.5 Å². The van der Waals surface area contributed by atoms with Crippen molar-refractivity contribution in [3.63, 3.8) is 0 Å². The van der Waals surface area contributed by atoms with Gasteiger partial charge in [0.2, 0.25) is 10.0 Å². The third-order valence-corrected chi connectivity index (χ3v) is 5.62. The van der Waals surface area contributed by atoms with Gasteiger partial charge in [-0.2, -0.15) is 0 Å². The second-order valence-electron chi connectivity index (χ2n) is 6.36. The summed E-state index contributed by atoms with van der Waals surface area (Å²) in [6, 6.07) is 13.0. The van der Waals surface area contributed by atoms with Crippen LogP contribution in [-0.4, -0.2) is 33.3 Å². The molecule has 1 aliphatic heterocycles. The Hall–Kier alpha value is -2.51. The van der Waals surface area contributed by atoms with Crippen molar-refractivity contribution in [2.45, 2.75) is 19.4 Å². The summed E-state index contributed by atoms with van der Waals surface area (Å²) in [5, 5.41) is 0. The largest absolute Gasteiger partial charge is 0.493 e. The first kappa shape index (κ1) is 19.3. The van der Waals surface area contributed by atoms with Crippen molar-refractivity contribution in [1.82, 2.24) is 9.84 Å². The van der Waals surface area contributed by atoms with E-state index in [9.17, 15) is 8.42 Å². The molecular formula is C20H24N2O4S. The van der Waals surface area contributed by atoms with E-state index < -0.39 is 16.1 Å². The molecule has 3 rings (SSSR count). The lowest BCUT2D eigenvalue weighted by Crippen LogP contribution is -2.38. The van der Waals surface area contributed by atoms with Crippen molar-refractivity contribution < 1.29 is 17.9 Å². The van der Waals surface area contributed by atoms with E-state index in [-0.39, 0.29) is 0 Å². The summed E-state index contributed by atoms with van der Waals surface area (Å²) >= 11 is 0. The number of rotatable bonds is 6. The van der Waals surface area contributed by atoms with Crippen LogP contribution >= 0.6 is 0 Å². The van der Waals surface area contributed by atoms with E-state index in [1.54, 1.807) is 20.3 Å². The van der Waals surface area contributed by atoms with Gasteiger partial charge >= 0.3 is 0 Å². The summed E-state index contributed by atoms with van der Waals surface area (Å²) in [4.78, 5) is 0. The lowest BCUT2D eigenvalue weighted by Gasteiger charge is -2.23. The van der Waals surface area contributed by atoms with Gasteiger partial charge in [0.15, 0.2) is 11.5 Å². The fraction of sp³-hybridized carbons (Fsp3) is 0.300. The molecule has 0 spiro atoms. The summed E-state index contributed by atoms with van der Waals surface area (Å²) in [6.45, 7) is 2.09. The number of methoxy groups -OCH3 is 2. The molecule has 2 aromatic rings. The summed E-state index contributed by atoms with van der Waals surface area (Å²) in [5.74, 6) is 1.20. The Bertz CT molecular complexity index is 952. The molecule has 0 saturated carbocycles. The zero-order valence-corrected chi connectivity index (χ0v) is 16.7. The third-order valence-electron chi connectivity index (χ3n) is 4.59. The molecule has 0 saturated heterocycles. The summed E-state index contributed by atoms with van der Waals surface area (Å²) in [5.41, 5.74) is 6.65. The molecule has 0 unspecified atom stereocenters. The molecule has 0 fully saturated rings. The van der Waals surface area contributed by atoms with E-state index >= 15 is 0 Å². The fourth-order valence-electron chi connectivity index (χ4n) is 3.09. The molecule has 2 aromatic carbocycles. The van der Waals surface area contributed by atoms with Crippen molar-refractivity contribution in [1.29, 1.82) is 0 Å². The quantitative estimate of drug-likeness (QED) is 0.823. The van der Waals surface area contributed by atoms with E-state index in [0.717, 1.165) is 17.5 Å². The van der Waals surface area contributed by atoms with Gasteiger partial charge in [-0.3, -0.25) is 0 Å². The molecule has 0 bridgehead atoms. The van der Waals surface area contributed by atoms with Gasteiger partial charge in [-0.15, -0.1) is 4.41 Å². The van der Waals surface area contributed by atoms with Crippen LogP contribution in [0.3, 0.4) is 0 Å². The number of hydrazine groups is 1. The topological polar surface area (TPSA) is 67.9 Å². The average Bonchev–Trinajstić information content (AvgIpc) is 3.13. The lowest BCUT2D eigenvalue weighted by molar-refractivity contribution is 0.350. The van der Waals surface area contributed by atoms with E-state index in [4.69, 9.17) is 9.47 Å². The molecule has 7 heteroatoms. The molecule has 1 N–H and O–H groups in total. The maximum absolute atomic E-state index is 12.3. The SMILES string of the molecule is CCc1ccc([C@@H]2C=C(c3ccc(OC)c(OC)c3)NN2S(C)(=O)=O)cc1. The van der Waals surface area contributed by atoms with Crippen LogP contribution in [0.5, 0.6) is 11.5 Å². The minimum absolute atomic E-state index is 0.422. The highest BCUT2D eigenvalue weighted by Crippen LogP contribution is 2.36. The standard InChI is InChI=1S/C20H24N2O4S/c1-5-14-6-8-15(9-7-14)18-13-17(21-22(18)27(4,23)24)16-10-11-19(25-2)20(12-16)26-3/h6-13,18,21H,5H2,1-4H3/t18-/m0/s1. The summed E-state index contributed by atoms with van der Waals surface area (Å²) < 4.78 is 36.6. The number of nitrogens with zero attached hydrogens (tertiary/aromatic N) is 1. The van der Waals surface area contributed by atoms with Crippen LogP contribution in [0.15, 0.2) is 48.5 Å². The molecule has 0 aliphatic carbocycles. The number of hydrogen-bond acceptors (Lipinski definition) is 5. The Morgan fingerprint density at radius 2 is 1.70 bits per heavy atom. The van der Waals surface area contributed by atoms with E-state index in [0.29, 0.717) is 17.2 Å². The first-order valence-electron chi connectivity index (χ1n) is 8.66. The van der Waals surface area contributed by atoms with Gasteiger partial charge < -0.3 is 14.9 Å². The molecule has 144 valence electrons. The molecule has 1 aliphatic rings. The second-order valence-corrected chi connectivity index (χ2v) is 8.22. The highest BCUT2D eigenvalue weighted by atomic mass is 32.2. The lowest BCUT2D eigenvalue weighted by atomic mass is 10.0. The van der Waals surface area contributed by atoms with Gasteiger partial charge in [0.1, 0.15) is 0 Å². The normalized spacial score (nSPS) is 17.3. The van der Waals surface area contributed by atoms with Crippen molar-refractivity contribution in [2.75, 3.05) is 20.5 Å². The number of sulfonamides is 1. The van der Waals surface area contributed by atoms with Crippen LogP contribution < -0.4 is 14.9 Å². The number of aryl methyl sites for hydroxylation is 1. The van der Waals surface area contributed by atoms with Crippen LogP contribution in [0.4, 0.5) is 0 Å². The maximum Gasteiger partial charge on any atom is 0.228 e. The predicted molar refractivity (Wildman–Crippen MR) is 106 cm³/mol. The first-order chi connectivity index (χ1) is 12.9. The smallest absolute Gasteiger partial charge is 0.228 e. The van der Waals surface area contributed by atoms with Crippen LogP contribution in [0.25, 0.3) is 5.70 Å². The van der Waals surface area contributed by atoms with Gasteiger partial charge in [0.25, 0.3) is 0 Å². The van der Waals surface area contributed by atoms with E-state index in [1.165, 1.54) is 16.2 Å². The highest BCUT2D eigenvalue weighted by Gasteiger charge is 2.33. The van der Waals surface area contributed by atoms with Gasteiger partial charge in [0, 0.05) is 5.56 Å². The summed E-state index contributed by atoms with van der Waals surface area (Å²) in [7, 11) is -0.327. The molecule has 6 nitrogen and oxygen atoms in total. The van der Waals surface area contributed by atoms with Crippen molar-refractivity contribution in [3.8, 4) is 11.5 Å². The molecule has 0 radical (unpaired) electrons. The van der Waals surface area contributed by atoms with Gasteiger partial charge in [0.05, 0.1) is 32.2 Å². The Kier molecular flexibility index (Phi) is 5.43. The molecule has 0 aromatic heterocycles. The second kappa shape index (κ2) is 7.62. The highest BCUT2D eigenvalue weighted by molar-refractivity contribution is 7.88. The van der Waals surface area contributed by atoms with Crippen molar-refractivity contribution >= 4 is 15.7 Å². The van der Waals surface area contributed by atoms with Crippen LogP contribution in [0.2, 0.25) is 0 Å². The van der Waals surface area contributed by atoms with Gasteiger partial charge in [-0.25, -0.2) is 8.42 Å². The minimum atomic E-state index is -3.47. The molecule has 27 heavy (non-hydrogen) atoms. The molecule has 1 heterocycles. The first-order valence-corrected chi connectivity index (χ1v) is 10.5. The fourth-order valence-corrected chi connectivity index (χ4v) is 3.95. The predicted octanol–water partition coefficient (Wildman–Crippen LogP) is 3.13. The monoisotopic (exact) mass is 388 g/mol. The van der Waals surface area contributed by atoms with Crippen LogP contribution in [0, 0.1) is 0 Å². The van der Waals surface area contributed by atoms with Crippen molar-refractivity contribution in [3.05, 3.63) is 65.2 Å². The van der Waals surface area contributed by atoms with Gasteiger partial charge in [-0.1, -0.05) is 31.2 Å². The van der Waals surface area contributed by atoms with Crippen molar-refractivity contribution in [2.24, 2.45) is 0 Å². The Labute approximate surface area is 160 Å². The number of ether oxygens (including phenoxy) is 2.